The SMILES string of the molecule is c1cncc(CNc2nc(-c3ccncc3)nc3c2CCC3)c1. The zero-order chi connectivity index (χ0) is 15.5. The molecule has 1 aliphatic rings. The third kappa shape index (κ3) is 2.90. The summed E-state index contributed by atoms with van der Waals surface area (Å²) in [6, 6.07) is 7.90. The number of pyridine rings is 2. The highest BCUT2D eigenvalue weighted by molar-refractivity contribution is 5.60. The Kier molecular flexibility index (Phi) is 3.68. The van der Waals surface area contributed by atoms with Crippen molar-refractivity contribution in [3.8, 4) is 11.4 Å². The lowest BCUT2D eigenvalue weighted by molar-refractivity contribution is 0.899. The Labute approximate surface area is 134 Å². The number of hydrogen-bond donors (Lipinski definition) is 1. The lowest BCUT2D eigenvalue weighted by Gasteiger charge is -2.12. The molecule has 0 radical (unpaired) electrons. The molecule has 114 valence electrons. The first-order valence-corrected chi connectivity index (χ1v) is 7.83. The lowest BCUT2D eigenvalue weighted by atomic mass is 10.2. The van der Waals surface area contributed by atoms with Gasteiger partial charge in [0.1, 0.15) is 5.82 Å². The van der Waals surface area contributed by atoms with Gasteiger partial charge in [-0.15, -0.1) is 0 Å². The van der Waals surface area contributed by atoms with Gasteiger partial charge in [0.2, 0.25) is 0 Å². The van der Waals surface area contributed by atoms with Crippen LogP contribution in [0.4, 0.5) is 5.82 Å². The van der Waals surface area contributed by atoms with Crippen LogP contribution in [-0.4, -0.2) is 19.9 Å². The number of aromatic nitrogens is 4. The van der Waals surface area contributed by atoms with Gasteiger partial charge in [-0.05, 0) is 43.0 Å². The summed E-state index contributed by atoms with van der Waals surface area (Å²) in [6.45, 7) is 0.715. The largest absolute Gasteiger partial charge is 0.366 e. The Bertz CT molecular complexity index is 802. The van der Waals surface area contributed by atoms with Gasteiger partial charge in [-0.1, -0.05) is 6.07 Å². The van der Waals surface area contributed by atoms with Crippen LogP contribution in [0.1, 0.15) is 23.2 Å². The van der Waals surface area contributed by atoms with Crippen molar-refractivity contribution in [1.82, 2.24) is 19.9 Å². The van der Waals surface area contributed by atoms with Gasteiger partial charge in [0, 0.05) is 48.2 Å². The average molecular weight is 303 g/mol. The number of nitrogens with one attached hydrogen (secondary N) is 1. The van der Waals surface area contributed by atoms with E-state index in [4.69, 9.17) is 9.97 Å². The first-order valence-electron chi connectivity index (χ1n) is 7.83. The molecule has 4 rings (SSSR count). The second-order valence-electron chi connectivity index (χ2n) is 5.63. The van der Waals surface area contributed by atoms with Gasteiger partial charge >= 0.3 is 0 Å². The van der Waals surface area contributed by atoms with E-state index in [1.165, 1.54) is 11.3 Å². The van der Waals surface area contributed by atoms with Crippen LogP contribution >= 0.6 is 0 Å². The quantitative estimate of drug-likeness (QED) is 0.802. The van der Waals surface area contributed by atoms with Gasteiger partial charge in [0.15, 0.2) is 5.82 Å². The molecule has 0 unspecified atom stereocenters. The van der Waals surface area contributed by atoms with Crippen LogP contribution in [0.25, 0.3) is 11.4 Å². The average Bonchev–Trinajstić information content (AvgIpc) is 3.10. The predicted molar refractivity (Wildman–Crippen MR) is 88.9 cm³/mol. The number of anilines is 1. The van der Waals surface area contributed by atoms with Gasteiger partial charge in [0.25, 0.3) is 0 Å². The van der Waals surface area contributed by atoms with E-state index in [-0.39, 0.29) is 0 Å². The molecule has 5 nitrogen and oxygen atoms in total. The molecule has 3 heterocycles. The number of rotatable bonds is 4. The third-order valence-electron chi connectivity index (χ3n) is 4.05. The second-order valence-corrected chi connectivity index (χ2v) is 5.63. The molecule has 0 saturated carbocycles. The number of hydrogen-bond acceptors (Lipinski definition) is 5. The van der Waals surface area contributed by atoms with Crippen molar-refractivity contribution >= 4 is 5.82 Å². The van der Waals surface area contributed by atoms with E-state index in [0.717, 1.165) is 42.0 Å². The number of nitrogens with zero attached hydrogens (tertiary/aromatic N) is 4. The fourth-order valence-corrected chi connectivity index (χ4v) is 2.90. The summed E-state index contributed by atoms with van der Waals surface area (Å²) in [5, 5.41) is 3.46. The Hall–Kier alpha value is -2.82. The molecule has 3 aromatic rings. The molecule has 0 amide bonds. The number of fused-ring (bicyclic) bond motifs is 1. The first kappa shape index (κ1) is 13.8. The zero-order valence-corrected chi connectivity index (χ0v) is 12.7. The maximum atomic E-state index is 4.76. The van der Waals surface area contributed by atoms with Crippen LogP contribution in [-0.2, 0) is 19.4 Å². The third-order valence-corrected chi connectivity index (χ3v) is 4.05. The summed E-state index contributed by atoms with van der Waals surface area (Å²) >= 11 is 0. The van der Waals surface area contributed by atoms with Crippen LogP contribution in [0, 0.1) is 0 Å². The molecular formula is C18H17N5. The van der Waals surface area contributed by atoms with Crippen molar-refractivity contribution in [2.75, 3.05) is 5.32 Å². The van der Waals surface area contributed by atoms with Crippen molar-refractivity contribution in [1.29, 1.82) is 0 Å². The smallest absolute Gasteiger partial charge is 0.161 e. The molecule has 3 aromatic heterocycles. The minimum atomic E-state index is 0.715. The van der Waals surface area contributed by atoms with Gasteiger partial charge in [0.05, 0.1) is 0 Å². The summed E-state index contributed by atoms with van der Waals surface area (Å²) in [4.78, 5) is 17.7. The molecule has 5 heteroatoms. The summed E-state index contributed by atoms with van der Waals surface area (Å²) in [7, 11) is 0. The zero-order valence-electron chi connectivity index (χ0n) is 12.7. The Morgan fingerprint density at radius 2 is 1.87 bits per heavy atom. The van der Waals surface area contributed by atoms with E-state index in [2.05, 4.69) is 21.4 Å². The van der Waals surface area contributed by atoms with E-state index in [1.807, 2.05) is 24.4 Å². The predicted octanol–water partition coefficient (Wildman–Crippen LogP) is 3.03. The van der Waals surface area contributed by atoms with Gasteiger partial charge in [-0.2, -0.15) is 0 Å². The molecule has 0 atom stereocenters. The Morgan fingerprint density at radius 1 is 0.957 bits per heavy atom. The molecule has 0 bridgehead atoms. The summed E-state index contributed by atoms with van der Waals surface area (Å²) in [5.74, 6) is 1.71. The maximum Gasteiger partial charge on any atom is 0.161 e. The molecule has 0 aromatic carbocycles. The minimum Gasteiger partial charge on any atom is -0.366 e. The van der Waals surface area contributed by atoms with E-state index in [9.17, 15) is 0 Å². The van der Waals surface area contributed by atoms with Gasteiger partial charge in [-0.3, -0.25) is 9.97 Å². The highest BCUT2D eigenvalue weighted by Crippen LogP contribution is 2.29. The highest BCUT2D eigenvalue weighted by atomic mass is 15.0. The van der Waals surface area contributed by atoms with Crippen LogP contribution < -0.4 is 5.32 Å². The lowest BCUT2D eigenvalue weighted by Crippen LogP contribution is -2.07. The van der Waals surface area contributed by atoms with Crippen molar-refractivity contribution < 1.29 is 0 Å². The summed E-state index contributed by atoms with van der Waals surface area (Å²) in [6.07, 6.45) is 10.4. The van der Waals surface area contributed by atoms with Gasteiger partial charge < -0.3 is 5.32 Å². The van der Waals surface area contributed by atoms with E-state index in [0.29, 0.717) is 6.54 Å². The fraction of sp³-hybridized carbons (Fsp3) is 0.222. The first-order chi connectivity index (χ1) is 11.4. The Balaban J connectivity index is 1.67. The van der Waals surface area contributed by atoms with Crippen molar-refractivity contribution in [2.45, 2.75) is 25.8 Å². The second kappa shape index (κ2) is 6.12. The topological polar surface area (TPSA) is 63.6 Å². The molecule has 0 fully saturated rings. The number of aryl methyl sites for hydroxylation is 1. The Morgan fingerprint density at radius 3 is 2.70 bits per heavy atom. The normalized spacial score (nSPS) is 12.9. The molecule has 0 aliphatic heterocycles. The molecule has 0 spiro atoms. The van der Waals surface area contributed by atoms with Crippen molar-refractivity contribution in [3.63, 3.8) is 0 Å². The summed E-state index contributed by atoms with van der Waals surface area (Å²) < 4.78 is 0. The van der Waals surface area contributed by atoms with Crippen LogP contribution in [0.3, 0.4) is 0 Å². The fourth-order valence-electron chi connectivity index (χ4n) is 2.90. The molecule has 1 N–H and O–H groups in total. The highest BCUT2D eigenvalue weighted by Gasteiger charge is 2.19. The van der Waals surface area contributed by atoms with Crippen LogP contribution in [0.2, 0.25) is 0 Å². The minimum absolute atomic E-state index is 0.715. The van der Waals surface area contributed by atoms with Crippen LogP contribution in [0.5, 0.6) is 0 Å². The van der Waals surface area contributed by atoms with E-state index < -0.39 is 0 Å². The molecular weight excluding hydrogens is 286 g/mol. The standard InChI is InChI=1S/C18H17N5/c1-4-15-16(5-1)22-17(14-6-9-19-10-7-14)23-18(15)21-12-13-3-2-8-20-11-13/h2-3,6-11H,1,4-5,12H2,(H,21,22,23). The van der Waals surface area contributed by atoms with E-state index >= 15 is 0 Å². The molecule has 1 aliphatic carbocycles. The van der Waals surface area contributed by atoms with Crippen LogP contribution in [0.15, 0.2) is 49.1 Å². The maximum absolute atomic E-state index is 4.76. The molecule has 0 saturated heterocycles. The van der Waals surface area contributed by atoms with Crippen molar-refractivity contribution in [3.05, 3.63) is 65.9 Å². The van der Waals surface area contributed by atoms with Crippen molar-refractivity contribution in [2.24, 2.45) is 0 Å². The summed E-state index contributed by atoms with van der Waals surface area (Å²) in [5.41, 5.74) is 4.56. The van der Waals surface area contributed by atoms with Gasteiger partial charge in [-0.25, -0.2) is 9.97 Å². The molecule has 23 heavy (non-hydrogen) atoms. The van der Waals surface area contributed by atoms with E-state index in [1.54, 1.807) is 18.6 Å². The monoisotopic (exact) mass is 303 g/mol.